The second-order valence-electron chi connectivity index (χ2n) is 2.42. The number of carbonyl (C=O) groups excluding carboxylic acids is 2. The van der Waals surface area contributed by atoms with Crippen LogP contribution < -0.4 is 0 Å². The maximum atomic E-state index is 11.3. The van der Waals surface area contributed by atoms with E-state index in [2.05, 4.69) is 0 Å². The number of hydrogen-bond acceptors (Lipinski definition) is 3. The van der Waals surface area contributed by atoms with Crippen molar-refractivity contribution >= 4 is 34.2 Å². The van der Waals surface area contributed by atoms with E-state index in [9.17, 15) is 9.59 Å². The number of allylic oxidation sites excluding steroid dienone is 2. The number of rotatable bonds is 3. The van der Waals surface area contributed by atoms with Crippen molar-refractivity contribution in [2.24, 2.45) is 0 Å². The molecule has 0 radical (unpaired) electrons. The summed E-state index contributed by atoms with van der Waals surface area (Å²) in [6.07, 6.45) is 4.07. The van der Waals surface area contributed by atoms with Gasteiger partial charge in [0, 0.05) is 6.08 Å². The Hall–Kier alpha value is -0.910. The summed E-state index contributed by atoms with van der Waals surface area (Å²) in [5.74, 6) is -0.328. The summed E-state index contributed by atoms with van der Waals surface area (Å²) in [6, 6.07) is 1.56. The Morgan fingerprint density at radius 1 is 1.54 bits per heavy atom. The van der Waals surface area contributed by atoms with Gasteiger partial charge in [0.1, 0.15) is 6.26 Å². The van der Waals surface area contributed by atoms with E-state index in [0.717, 1.165) is 0 Å². The minimum Gasteiger partial charge on any atom is -0.472 e. The Balaban J connectivity index is 2.82. The standard InChI is InChI=1S/C9H7IO3/c1-6(11)8(10)4-9(12)7-2-3-13-5-7/h2-5H,1H3/b8-4-. The van der Waals surface area contributed by atoms with E-state index in [-0.39, 0.29) is 11.6 Å². The van der Waals surface area contributed by atoms with Gasteiger partial charge in [0.15, 0.2) is 11.6 Å². The van der Waals surface area contributed by atoms with Crippen LogP contribution in [0.4, 0.5) is 0 Å². The molecule has 0 spiro atoms. The molecule has 1 aromatic rings. The highest BCUT2D eigenvalue weighted by Gasteiger charge is 2.06. The van der Waals surface area contributed by atoms with Crippen molar-refractivity contribution in [2.45, 2.75) is 6.92 Å². The summed E-state index contributed by atoms with van der Waals surface area (Å²) in [7, 11) is 0. The van der Waals surface area contributed by atoms with Gasteiger partial charge >= 0.3 is 0 Å². The molecule has 0 atom stereocenters. The molecule has 1 heterocycles. The fourth-order valence-corrected chi connectivity index (χ4v) is 0.988. The third-order valence-corrected chi connectivity index (χ3v) is 2.47. The first-order chi connectivity index (χ1) is 6.11. The Morgan fingerprint density at radius 3 is 2.69 bits per heavy atom. The van der Waals surface area contributed by atoms with Gasteiger partial charge in [-0.2, -0.15) is 0 Å². The monoisotopic (exact) mass is 290 g/mol. The van der Waals surface area contributed by atoms with Crippen LogP contribution in [0.1, 0.15) is 17.3 Å². The molecule has 1 rings (SSSR count). The summed E-state index contributed by atoms with van der Waals surface area (Å²) in [4.78, 5) is 22.1. The highest BCUT2D eigenvalue weighted by atomic mass is 127. The molecule has 1 aromatic heterocycles. The first-order valence-corrected chi connectivity index (χ1v) is 4.64. The Kier molecular flexibility index (Phi) is 3.41. The SMILES string of the molecule is CC(=O)/C(I)=C/C(=O)c1ccoc1. The van der Waals surface area contributed by atoms with Crippen LogP contribution in [0.2, 0.25) is 0 Å². The molecule has 4 heteroatoms. The first-order valence-electron chi connectivity index (χ1n) is 3.56. The molecule has 0 saturated carbocycles. The van der Waals surface area contributed by atoms with Crippen molar-refractivity contribution in [2.75, 3.05) is 0 Å². The number of ketones is 2. The van der Waals surface area contributed by atoms with E-state index < -0.39 is 0 Å². The fourth-order valence-electron chi connectivity index (χ4n) is 0.705. The van der Waals surface area contributed by atoms with Crippen LogP contribution in [0.25, 0.3) is 0 Å². The summed E-state index contributed by atoms with van der Waals surface area (Å²) in [6.45, 7) is 1.42. The summed E-state index contributed by atoms with van der Waals surface area (Å²) in [5, 5.41) is 0. The zero-order valence-electron chi connectivity index (χ0n) is 6.91. The molecule has 0 aromatic carbocycles. The second-order valence-corrected chi connectivity index (χ2v) is 3.59. The number of halogens is 1. The highest BCUT2D eigenvalue weighted by Crippen LogP contribution is 2.10. The molecule has 68 valence electrons. The predicted molar refractivity (Wildman–Crippen MR) is 55.8 cm³/mol. The molecule has 13 heavy (non-hydrogen) atoms. The molecule has 0 fully saturated rings. The van der Waals surface area contributed by atoms with Crippen molar-refractivity contribution in [1.82, 2.24) is 0 Å². The topological polar surface area (TPSA) is 47.3 Å². The van der Waals surface area contributed by atoms with E-state index in [1.807, 2.05) is 22.6 Å². The first kappa shape index (κ1) is 10.2. The van der Waals surface area contributed by atoms with E-state index in [1.54, 1.807) is 6.07 Å². The average molecular weight is 290 g/mol. The molecule has 0 unspecified atom stereocenters. The van der Waals surface area contributed by atoms with E-state index in [0.29, 0.717) is 9.14 Å². The fraction of sp³-hybridized carbons (Fsp3) is 0.111. The van der Waals surface area contributed by atoms with Gasteiger partial charge in [-0.05, 0) is 35.6 Å². The van der Waals surface area contributed by atoms with Crippen LogP contribution >= 0.6 is 22.6 Å². The van der Waals surface area contributed by atoms with Crippen LogP contribution in [0.15, 0.2) is 32.7 Å². The van der Waals surface area contributed by atoms with Gasteiger partial charge in [-0.25, -0.2) is 0 Å². The van der Waals surface area contributed by atoms with Crippen molar-refractivity contribution in [3.63, 3.8) is 0 Å². The normalized spacial score (nSPS) is 11.4. The van der Waals surface area contributed by atoms with E-state index >= 15 is 0 Å². The number of furan rings is 1. The van der Waals surface area contributed by atoms with Crippen LogP contribution in [-0.2, 0) is 4.79 Å². The maximum Gasteiger partial charge on any atom is 0.190 e. The zero-order chi connectivity index (χ0) is 9.84. The van der Waals surface area contributed by atoms with Gasteiger partial charge < -0.3 is 4.42 Å². The van der Waals surface area contributed by atoms with Crippen molar-refractivity contribution in [1.29, 1.82) is 0 Å². The Labute approximate surface area is 88.9 Å². The smallest absolute Gasteiger partial charge is 0.190 e. The molecule has 0 aliphatic carbocycles. The van der Waals surface area contributed by atoms with E-state index in [1.165, 1.54) is 25.5 Å². The lowest BCUT2D eigenvalue weighted by molar-refractivity contribution is -0.112. The molecule has 0 bridgehead atoms. The van der Waals surface area contributed by atoms with Gasteiger partial charge in [-0.1, -0.05) is 0 Å². The molecule has 0 saturated heterocycles. The van der Waals surface area contributed by atoms with Crippen LogP contribution in [0.5, 0.6) is 0 Å². The molecule has 3 nitrogen and oxygen atoms in total. The lowest BCUT2D eigenvalue weighted by atomic mass is 10.2. The van der Waals surface area contributed by atoms with Crippen LogP contribution in [-0.4, -0.2) is 11.6 Å². The molecule has 0 aliphatic heterocycles. The van der Waals surface area contributed by atoms with Crippen LogP contribution in [0.3, 0.4) is 0 Å². The molecular weight excluding hydrogens is 283 g/mol. The van der Waals surface area contributed by atoms with Gasteiger partial charge in [-0.3, -0.25) is 9.59 Å². The maximum absolute atomic E-state index is 11.3. The summed E-state index contributed by atoms with van der Waals surface area (Å²) >= 11 is 1.83. The van der Waals surface area contributed by atoms with Gasteiger partial charge in [0.05, 0.1) is 15.4 Å². The molecule has 0 aliphatic rings. The van der Waals surface area contributed by atoms with Crippen molar-refractivity contribution in [3.8, 4) is 0 Å². The predicted octanol–water partition coefficient (Wildman–Crippen LogP) is 2.37. The van der Waals surface area contributed by atoms with Gasteiger partial charge in [0.2, 0.25) is 0 Å². The molecule has 0 N–H and O–H groups in total. The summed E-state index contributed by atoms with van der Waals surface area (Å²) in [5.41, 5.74) is 0.454. The molecular formula is C9H7IO3. The summed E-state index contributed by atoms with van der Waals surface area (Å²) < 4.78 is 5.16. The third-order valence-electron chi connectivity index (χ3n) is 1.40. The van der Waals surface area contributed by atoms with Gasteiger partial charge in [-0.15, -0.1) is 0 Å². The lowest BCUT2D eigenvalue weighted by Gasteiger charge is -1.90. The Bertz CT molecular complexity index is 349. The zero-order valence-corrected chi connectivity index (χ0v) is 9.07. The largest absolute Gasteiger partial charge is 0.472 e. The number of carbonyl (C=O) groups is 2. The molecule has 0 amide bonds. The lowest BCUT2D eigenvalue weighted by Crippen LogP contribution is -1.96. The minimum absolute atomic E-state index is 0.113. The van der Waals surface area contributed by atoms with E-state index in [4.69, 9.17) is 4.42 Å². The van der Waals surface area contributed by atoms with Gasteiger partial charge in [0.25, 0.3) is 0 Å². The quantitative estimate of drug-likeness (QED) is 0.488. The number of Topliss-reactive ketones (excluding diaryl/α,β-unsaturated/α-hetero) is 1. The second kappa shape index (κ2) is 4.36. The average Bonchev–Trinajstić information content (AvgIpc) is 2.55. The Morgan fingerprint density at radius 2 is 2.23 bits per heavy atom. The minimum atomic E-state index is -0.214. The van der Waals surface area contributed by atoms with Crippen molar-refractivity contribution < 1.29 is 14.0 Å². The van der Waals surface area contributed by atoms with Crippen LogP contribution in [0, 0.1) is 0 Å². The number of hydrogen-bond donors (Lipinski definition) is 0. The van der Waals surface area contributed by atoms with Crippen molar-refractivity contribution in [3.05, 3.63) is 33.8 Å². The third kappa shape index (κ3) is 2.80. The highest BCUT2D eigenvalue weighted by molar-refractivity contribution is 14.1.